The molecule has 0 radical (unpaired) electrons. The minimum Gasteiger partial charge on any atom is -0.465 e. The Hall–Kier alpha value is -1.14. The molecule has 0 aliphatic carbocycles. The number of hydrogen-bond donors (Lipinski definition) is 0. The highest BCUT2D eigenvalue weighted by molar-refractivity contribution is 5.72. The molecule has 0 saturated heterocycles. The van der Waals surface area contributed by atoms with E-state index >= 15 is 0 Å². The fourth-order valence-corrected chi connectivity index (χ4v) is 1.78. The number of nitrogens with zero attached hydrogens (tertiary/aromatic N) is 2. The molecule has 0 heterocycles. The van der Waals surface area contributed by atoms with Crippen LogP contribution in [0.2, 0.25) is 0 Å². The average Bonchev–Trinajstić information content (AvgIpc) is 2.49. The van der Waals surface area contributed by atoms with Crippen molar-refractivity contribution >= 4 is 11.9 Å². The third-order valence-corrected chi connectivity index (χ3v) is 3.31. The van der Waals surface area contributed by atoms with E-state index in [1.807, 2.05) is 37.5 Å². The lowest BCUT2D eigenvalue weighted by Crippen LogP contribution is -2.31. The fraction of sp³-hybridized carbons (Fsp3) is 0.867. The average molecular weight is 302 g/mol. The van der Waals surface area contributed by atoms with Crippen molar-refractivity contribution in [2.75, 3.05) is 52.5 Å². The van der Waals surface area contributed by atoms with Crippen LogP contribution in [0.1, 0.15) is 34.1 Å². The topological polar surface area (TPSA) is 59.1 Å². The van der Waals surface area contributed by atoms with Crippen molar-refractivity contribution in [3.8, 4) is 0 Å². The summed E-state index contributed by atoms with van der Waals surface area (Å²) < 4.78 is 10.2. The van der Waals surface area contributed by atoms with Crippen LogP contribution in [0.25, 0.3) is 0 Å². The standard InChI is InChI=1S/C15H30N2O4/c1-5-16(6-2)12-14(18)20-10-9-11-21-15(19)13-17(7-3)8-4/h5-13H2,1-4H3. The van der Waals surface area contributed by atoms with Crippen molar-refractivity contribution in [2.24, 2.45) is 0 Å². The number of esters is 2. The first kappa shape index (κ1) is 19.9. The van der Waals surface area contributed by atoms with E-state index < -0.39 is 0 Å². The largest absolute Gasteiger partial charge is 0.465 e. The molecular formula is C15H30N2O4. The maximum Gasteiger partial charge on any atom is 0.320 e. The van der Waals surface area contributed by atoms with Crippen molar-refractivity contribution in [3.05, 3.63) is 0 Å². The third-order valence-electron chi connectivity index (χ3n) is 3.31. The molecule has 0 aromatic carbocycles. The normalized spacial score (nSPS) is 11.0. The smallest absolute Gasteiger partial charge is 0.320 e. The summed E-state index contributed by atoms with van der Waals surface area (Å²) in [4.78, 5) is 27.0. The van der Waals surface area contributed by atoms with Gasteiger partial charge in [0.2, 0.25) is 0 Å². The second-order valence-electron chi connectivity index (χ2n) is 4.72. The van der Waals surface area contributed by atoms with Gasteiger partial charge in [-0.1, -0.05) is 27.7 Å². The molecule has 0 aromatic rings. The molecule has 0 saturated carbocycles. The third kappa shape index (κ3) is 10.3. The number of hydrogen-bond acceptors (Lipinski definition) is 6. The first-order valence-corrected chi connectivity index (χ1v) is 7.83. The summed E-state index contributed by atoms with van der Waals surface area (Å²) in [5.74, 6) is -0.457. The van der Waals surface area contributed by atoms with E-state index in [1.54, 1.807) is 0 Å². The summed E-state index contributed by atoms with van der Waals surface area (Å²) in [5, 5.41) is 0. The Balaban J connectivity index is 3.63. The molecule has 0 aliphatic rings. The molecule has 0 unspecified atom stereocenters. The Morgan fingerprint density at radius 2 is 1.05 bits per heavy atom. The maximum absolute atomic E-state index is 11.5. The number of carbonyl (C=O) groups excluding carboxylic acids is 2. The number of likely N-dealkylation sites (N-methyl/N-ethyl adjacent to an activating group) is 2. The van der Waals surface area contributed by atoms with Gasteiger partial charge in [0, 0.05) is 6.42 Å². The van der Waals surface area contributed by atoms with Crippen LogP contribution in [0.15, 0.2) is 0 Å². The summed E-state index contributed by atoms with van der Waals surface area (Å²) in [6.07, 6.45) is 0.536. The van der Waals surface area contributed by atoms with E-state index in [1.165, 1.54) is 0 Å². The zero-order valence-corrected chi connectivity index (χ0v) is 13.9. The molecule has 0 spiro atoms. The van der Waals surface area contributed by atoms with Crippen LogP contribution < -0.4 is 0 Å². The molecule has 0 aliphatic heterocycles. The molecule has 0 atom stereocenters. The first-order chi connectivity index (χ1) is 10.1. The van der Waals surface area contributed by atoms with Gasteiger partial charge in [-0.25, -0.2) is 0 Å². The SMILES string of the molecule is CCN(CC)CC(=O)OCCCOC(=O)CN(CC)CC. The second-order valence-corrected chi connectivity index (χ2v) is 4.72. The Bertz CT molecular complexity index is 261. The highest BCUT2D eigenvalue weighted by Gasteiger charge is 2.10. The highest BCUT2D eigenvalue weighted by atomic mass is 16.5. The number of carbonyl (C=O) groups is 2. The van der Waals surface area contributed by atoms with Gasteiger partial charge in [0.25, 0.3) is 0 Å². The van der Waals surface area contributed by atoms with Crippen LogP contribution in [0.3, 0.4) is 0 Å². The molecule has 0 amide bonds. The molecule has 124 valence electrons. The fourth-order valence-electron chi connectivity index (χ4n) is 1.78. The lowest BCUT2D eigenvalue weighted by atomic mass is 10.4. The second kappa shape index (κ2) is 12.6. The van der Waals surface area contributed by atoms with E-state index in [-0.39, 0.29) is 11.9 Å². The quantitative estimate of drug-likeness (QED) is 0.398. The summed E-state index contributed by atoms with van der Waals surface area (Å²) in [7, 11) is 0. The van der Waals surface area contributed by atoms with E-state index in [2.05, 4.69) is 0 Å². The Labute approximate surface area is 128 Å². The van der Waals surface area contributed by atoms with Crippen LogP contribution >= 0.6 is 0 Å². The van der Waals surface area contributed by atoms with Crippen LogP contribution in [-0.4, -0.2) is 74.2 Å². The summed E-state index contributed by atoms with van der Waals surface area (Å²) in [6.45, 7) is 12.5. The van der Waals surface area contributed by atoms with Crippen LogP contribution in [0.4, 0.5) is 0 Å². The lowest BCUT2D eigenvalue weighted by Gasteiger charge is -2.17. The zero-order chi connectivity index (χ0) is 16.1. The van der Waals surface area contributed by atoms with Crippen LogP contribution in [0.5, 0.6) is 0 Å². The molecule has 6 nitrogen and oxygen atoms in total. The molecule has 0 bridgehead atoms. The van der Waals surface area contributed by atoms with Crippen molar-refractivity contribution in [3.63, 3.8) is 0 Å². The first-order valence-electron chi connectivity index (χ1n) is 7.83. The predicted molar refractivity (Wildman–Crippen MR) is 82.1 cm³/mol. The van der Waals surface area contributed by atoms with Gasteiger partial charge in [-0.3, -0.25) is 19.4 Å². The molecule has 0 rings (SSSR count). The Kier molecular flexibility index (Phi) is 11.9. The molecule has 0 aromatic heterocycles. The summed E-state index contributed by atoms with van der Waals surface area (Å²) in [6, 6.07) is 0. The molecule has 0 N–H and O–H groups in total. The van der Waals surface area contributed by atoms with Crippen molar-refractivity contribution < 1.29 is 19.1 Å². The van der Waals surface area contributed by atoms with E-state index in [4.69, 9.17) is 9.47 Å². The molecule has 21 heavy (non-hydrogen) atoms. The highest BCUT2D eigenvalue weighted by Crippen LogP contribution is 1.93. The van der Waals surface area contributed by atoms with Crippen LogP contribution in [0, 0.1) is 0 Å². The van der Waals surface area contributed by atoms with Gasteiger partial charge in [0.1, 0.15) is 0 Å². The predicted octanol–water partition coefficient (Wildman–Crippen LogP) is 1.15. The molecule has 0 fully saturated rings. The van der Waals surface area contributed by atoms with E-state index in [9.17, 15) is 9.59 Å². The lowest BCUT2D eigenvalue weighted by molar-refractivity contribution is -0.147. The van der Waals surface area contributed by atoms with Gasteiger partial charge in [0.15, 0.2) is 0 Å². The number of ether oxygens (including phenoxy) is 2. The van der Waals surface area contributed by atoms with Gasteiger partial charge in [-0.15, -0.1) is 0 Å². The van der Waals surface area contributed by atoms with Gasteiger partial charge in [-0.05, 0) is 26.2 Å². The molecule has 6 heteroatoms. The van der Waals surface area contributed by atoms with Crippen molar-refractivity contribution in [1.82, 2.24) is 9.80 Å². The van der Waals surface area contributed by atoms with Crippen molar-refractivity contribution in [1.29, 1.82) is 0 Å². The zero-order valence-electron chi connectivity index (χ0n) is 13.9. The Morgan fingerprint density at radius 3 is 1.33 bits per heavy atom. The maximum atomic E-state index is 11.5. The van der Waals surface area contributed by atoms with Crippen molar-refractivity contribution in [2.45, 2.75) is 34.1 Å². The van der Waals surface area contributed by atoms with Crippen LogP contribution in [-0.2, 0) is 19.1 Å². The van der Waals surface area contributed by atoms with Gasteiger partial charge >= 0.3 is 11.9 Å². The summed E-state index contributed by atoms with van der Waals surface area (Å²) in [5.41, 5.74) is 0. The van der Waals surface area contributed by atoms with Gasteiger partial charge < -0.3 is 9.47 Å². The van der Waals surface area contributed by atoms with E-state index in [0.29, 0.717) is 32.7 Å². The minimum atomic E-state index is -0.229. The van der Waals surface area contributed by atoms with Gasteiger partial charge in [-0.2, -0.15) is 0 Å². The van der Waals surface area contributed by atoms with E-state index in [0.717, 1.165) is 26.2 Å². The number of rotatable bonds is 12. The van der Waals surface area contributed by atoms with Gasteiger partial charge in [0.05, 0.1) is 26.3 Å². The summed E-state index contributed by atoms with van der Waals surface area (Å²) >= 11 is 0. The Morgan fingerprint density at radius 1 is 0.714 bits per heavy atom. The minimum absolute atomic E-state index is 0.229. The molecular weight excluding hydrogens is 272 g/mol. The monoisotopic (exact) mass is 302 g/mol.